The predicted octanol–water partition coefficient (Wildman–Crippen LogP) is 2.62. The highest BCUT2D eigenvalue weighted by molar-refractivity contribution is 5.90. The van der Waals surface area contributed by atoms with Crippen LogP contribution in [-0.4, -0.2) is 53.1 Å². The SMILES string of the molecule is CCCCCNC(=O)C(c1cccc(O)c1)N(CC#N)C(=O)CNC(=O)OC(C)(C)C. The Hall–Kier alpha value is -3.28. The normalized spacial score (nSPS) is 11.7. The Morgan fingerprint density at radius 2 is 1.94 bits per heavy atom. The van der Waals surface area contributed by atoms with E-state index in [1.54, 1.807) is 32.9 Å². The minimum absolute atomic E-state index is 0.0717. The van der Waals surface area contributed by atoms with Crippen molar-refractivity contribution in [2.24, 2.45) is 0 Å². The van der Waals surface area contributed by atoms with Gasteiger partial charge in [0.25, 0.3) is 0 Å². The van der Waals surface area contributed by atoms with Gasteiger partial charge in [0.1, 0.15) is 30.5 Å². The molecule has 0 aliphatic rings. The largest absolute Gasteiger partial charge is 0.508 e. The van der Waals surface area contributed by atoms with E-state index in [-0.39, 0.29) is 12.3 Å². The van der Waals surface area contributed by atoms with Crippen LogP contribution in [-0.2, 0) is 14.3 Å². The molecule has 1 unspecified atom stereocenters. The molecule has 3 amide bonds. The molecule has 31 heavy (non-hydrogen) atoms. The summed E-state index contributed by atoms with van der Waals surface area (Å²) >= 11 is 0. The van der Waals surface area contributed by atoms with Crippen molar-refractivity contribution in [2.45, 2.75) is 58.6 Å². The summed E-state index contributed by atoms with van der Waals surface area (Å²) in [6.07, 6.45) is 1.93. The van der Waals surface area contributed by atoms with Gasteiger partial charge in [-0.25, -0.2) is 4.79 Å². The van der Waals surface area contributed by atoms with Crippen molar-refractivity contribution in [3.63, 3.8) is 0 Å². The number of nitriles is 1. The van der Waals surface area contributed by atoms with Crippen LogP contribution in [0.15, 0.2) is 24.3 Å². The maximum atomic E-state index is 13.0. The molecule has 0 heterocycles. The van der Waals surface area contributed by atoms with Crippen LogP contribution in [0.2, 0.25) is 0 Å². The molecule has 0 aromatic heterocycles. The molecular formula is C22H32N4O5. The monoisotopic (exact) mass is 432 g/mol. The molecule has 1 aromatic rings. The summed E-state index contributed by atoms with van der Waals surface area (Å²) in [4.78, 5) is 38.8. The average Bonchev–Trinajstić information content (AvgIpc) is 2.68. The number of rotatable bonds is 10. The van der Waals surface area contributed by atoms with Crippen LogP contribution in [0, 0.1) is 11.3 Å². The summed E-state index contributed by atoms with van der Waals surface area (Å²) < 4.78 is 5.11. The summed E-state index contributed by atoms with van der Waals surface area (Å²) in [6, 6.07) is 6.71. The number of phenolic OH excluding ortho intramolecular Hbond substituents is 1. The summed E-state index contributed by atoms with van der Waals surface area (Å²) in [5.74, 6) is -1.18. The van der Waals surface area contributed by atoms with Crippen molar-refractivity contribution >= 4 is 17.9 Å². The van der Waals surface area contributed by atoms with Gasteiger partial charge in [0, 0.05) is 6.54 Å². The van der Waals surface area contributed by atoms with E-state index in [1.165, 1.54) is 12.1 Å². The third-order valence-electron chi connectivity index (χ3n) is 4.17. The Balaban J connectivity index is 3.06. The van der Waals surface area contributed by atoms with Gasteiger partial charge in [-0.2, -0.15) is 5.26 Å². The van der Waals surface area contributed by atoms with Crippen molar-refractivity contribution in [1.82, 2.24) is 15.5 Å². The third kappa shape index (κ3) is 9.38. The number of nitrogens with one attached hydrogen (secondary N) is 2. The van der Waals surface area contributed by atoms with Gasteiger partial charge >= 0.3 is 6.09 Å². The molecule has 0 saturated carbocycles. The molecule has 0 spiro atoms. The average molecular weight is 433 g/mol. The number of nitrogens with zero attached hydrogens (tertiary/aromatic N) is 2. The number of amides is 3. The lowest BCUT2D eigenvalue weighted by Gasteiger charge is -2.29. The van der Waals surface area contributed by atoms with E-state index < -0.39 is 36.1 Å². The fourth-order valence-electron chi connectivity index (χ4n) is 2.81. The lowest BCUT2D eigenvalue weighted by molar-refractivity contribution is -0.139. The van der Waals surface area contributed by atoms with E-state index in [2.05, 4.69) is 10.6 Å². The molecule has 170 valence electrons. The summed E-state index contributed by atoms with van der Waals surface area (Å²) in [5.41, 5.74) is -0.379. The van der Waals surface area contributed by atoms with Crippen LogP contribution in [0.25, 0.3) is 0 Å². The molecule has 9 heteroatoms. The van der Waals surface area contributed by atoms with Crippen LogP contribution in [0.5, 0.6) is 5.75 Å². The first-order valence-corrected chi connectivity index (χ1v) is 10.3. The van der Waals surface area contributed by atoms with Gasteiger partial charge in [0.05, 0.1) is 6.07 Å². The van der Waals surface area contributed by atoms with Gasteiger partial charge in [-0.1, -0.05) is 31.9 Å². The molecule has 0 radical (unpaired) electrons. The number of phenols is 1. The van der Waals surface area contributed by atoms with Gasteiger partial charge in [-0.05, 0) is 44.9 Å². The number of benzene rings is 1. The highest BCUT2D eigenvalue weighted by Crippen LogP contribution is 2.24. The molecule has 1 rings (SSSR count). The first-order chi connectivity index (χ1) is 14.6. The zero-order valence-corrected chi connectivity index (χ0v) is 18.6. The Morgan fingerprint density at radius 3 is 2.52 bits per heavy atom. The Kier molecular flexibility index (Phi) is 10.3. The van der Waals surface area contributed by atoms with Crippen LogP contribution in [0.1, 0.15) is 58.6 Å². The van der Waals surface area contributed by atoms with Gasteiger partial charge in [0.15, 0.2) is 0 Å². The van der Waals surface area contributed by atoms with E-state index in [0.717, 1.165) is 24.2 Å². The maximum absolute atomic E-state index is 13.0. The fraction of sp³-hybridized carbons (Fsp3) is 0.545. The molecule has 9 nitrogen and oxygen atoms in total. The second-order valence-corrected chi connectivity index (χ2v) is 8.03. The number of carbonyl (C=O) groups is 3. The van der Waals surface area contributed by atoms with Crippen molar-refractivity contribution < 1.29 is 24.2 Å². The minimum atomic E-state index is -1.14. The van der Waals surface area contributed by atoms with Crippen LogP contribution in [0.3, 0.4) is 0 Å². The molecule has 0 aliphatic heterocycles. The van der Waals surface area contributed by atoms with E-state index in [1.807, 2.05) is 13.0 Å². The first-order valence-electron chi connectivity index (χ1n) is 10.3. The van der Waals surface area contributed by atoms with Crippen LogP contribution < -0.4 is 10.6 Å². The van der Waals surface area contributed by atoms with Gasteiger partial charge in [-0.3, -0.25) is 9.59 Å². The van der Waals surface area contributed by atoms with Crippen molar-refractivity contribution in [3.05, 3.63) is 29.8 Å². The quantitative estimate of drug-likeness (QED) is 0.385. The minimum Gasteiger partial charge on any atom is -0.508 e. The standard InChI is InChI=1S/C22H32N4O5/c1-5-6-7-12-24-20(29)19(16-9-8-10-17(27)14-16)26(13-11-23)18(28)15-25-21(30)31-22(2,3)4/h8-10,14,19,27H,5-7,12-13,15H2,1-4H3,(H,24,29)(H,25,30). The number of unbranched alkanes of at least 4 members (excludes halogenated alkanes) is 2. The number of aromatic hydroxyl groups is 1. The molecule has 0 fully saturated rings. The Labute approximate surface area is 183 Å². The zero-order valence-electron chi connectivity index (χ0n) is 18.6. The fourth-order valence-corrected chi connectivity index (χ4v) is 2.81. The second kappa shape index (κ2) is 12.4. The van der Waals surface area contributed by atoms with Gasteiger partial charge in [-0.15, -0.1) is 0 Å². The Morgan fingerprint density at radius 1 is 1.23 bits per heavy atom. The number of ether oxygens (including phenoxy) is 1. The topological polar surface area (TPSA) is 132 Å². The number of hydrogen-bond donors (Lipinski definition) is 3. The molecule has 3 N–H and O–H groups in total. The lowest BCUT2D eigenvalue weighted by atomic mass is 10.0. The highest BCUT2D eigenvalue weighted by atomic mass is 16.6. The molecule has 0 aliphatic carbocycles. The number of alkyl carbamates (subject to hydrolysis) is 1. The van der Waals surface area contributed by atoms with Crippen molar-refractivity contribution in [3.8, 4) is 11.8 Å². The van der Waals surface area contributed by atoms with E-state index in [0.29, 0.717) is 12.1 Å². The van der Waals surface area contributed by atoms with Gasteiger partial charge < -0.3 is 25.4 Å². The number of carbonyl (C=O) groups excluding carboxylic acids is 3. The zero-order chi connectivity index (χ0) is 23.4. The summed E-state index contributed by atoms with van der Waals surface area (Å²) in [6.45, 7) is 6.72. The molecule has 0 bridgehead atoms. The maximum Gasteiger partial charge on any atom is 0.408 e. The summed E-state index contributed by atoms with van der Waals surface area (Å²) in [5, 5.41) is 24.2. The smallest absolute Gasteiger partial charge is 0.408 e. The van der Waals surface area contributed by atoms with Crippen molar-refractivity contribution in [1.29, 1.82) is 5.26 Å². The van der Waals surface area contributed by atoms with E-state index >= 15 is 0 Å². The first kappa shape index (κ1) is 25.8. The third-order valence-corrected chi connectivity index (χ3v) is 4.17. The highest BCUT2D eigenvalue weighted by Gasteiger charge is 2.31. The van der Waals surface area contributed by atoms with Gasteiger partial charge in [0.2, 0.25) is 11.8 Å². The molecule has 1 aromatic carbocycles. The lowest BCUT2D eigenvalue weighted by Crippen LogP contribution is -2.48. The van der Waals surface area contributed by atoms with E-state index in [4.69, 9.17) is 4.74 Å². The second-order valence-electron chi connectivity index (χ2n) is 8.03. The van der Waals surface area contributed by atoms with E-state index in [9.17, 15) is 24.8 Å². The molecule has 0 saturated heterocycles. The molecular weight excluding hydrogens is 400 g/mol. The number of hydrogen-bond acceptors (Lipinski definition) is 6. The van der Waals surface area contributed by atoms with Crippen molar-refractivity contribution in [2.75, 3.05) is 19.6 Å². The Bertz CT molecular complexity index is 798. The summed E-state index contributed by atoms with van der Waals surface area (Å²) in [7, 11) is 0. The van der Waals surface area contributed by atoms with Crippen LogP contribution in [0.4, 0.5) is 4.79 Å². The predicted molar refractivity (Wildman–Crippen MR) is 115 cm³/mol. The molecule has 1 atom stereocenters. The van der Waals surface area contributed by atoms with Crippen LogP contribution >= 0.6 is 0 Å².